The van der Waals surface area contributed by atoms with Gasteiger partial charge in [-0.1, -0.05) is 12.1 Å². The number of carbonyl (C=O) groups excluding carboxylic acids is 1. The molecule has 1 aliphatic heterocycles. The van der Waals surface area contributed by atoms with Gasteiger partial charge in [0.1, 0.15) is 0 Å². The van der Waals surface area contributed by atoms with Crippen LogP contribution in [-0.2, 0) is 12.2 Å². The third-order valence-electron chi connectivity index (χ3n) is 5.36. The number of hydrogen-bond donors (Lipinski definition) is 0. The summed E-state index contributed by atoms with van der Waals surface area (Å²) in [5.41, 5.74) is 6.25. The second-order valence-corrected chi connectivity index (χ2v) is 9.59. The Bertz CT molecular complexity index is 1220. The molecule has 6 heteroatoms. The van der Waals surface area contributed by atoms with E-state index in [0.29, 0.717) is 6.54 Å². The number of nitrogens with zero attached hydrogens (tertiary/aromatic N) is 3. The van der Waals surface area contributed by atoms with Crippen molar-refractivity contribution in [3.8, 4) is 11.3 Å². The predicted molar refractivity (Wildman–Crippen MR) is 128 cm³/mol. The van der Waals surface area contributed by atoms with Crippen LogP contribution in [0.3, 0.4) is 0 Å². The minimum atomic E-state index is 0.0554. The molecule has 4 nitrogen and oxygen atoms in total. The fraction of sp³-hybridized carbons (Fsp3) is 0.160. The Labute approximate surface area is 190 Å². The lowest BCUT2D eigenvalue weighted by Crippen LogP contribution is -2.28. The van der Waals surface area contributed by atoms with Crippen molar-refractivity contribution in [3.05, 3.63) is 94.1 Å². The molecule has 154 valence electrons. The van der Waals surface area contributed by atoms with Crippen molar-refractivity contribution < 1.29 is 4.79 Å². The molecule has 0 unspecified atom stereocenters. The van der Waals surface area contributed by atoms with E-state index in [1.807, 2.05) is 48.4 Å². The maximum Gasteiger partial charge on any atom is 0.258 e. The van der Waals surface area contributed by atoms with E-state index >= 15 is 0 Å². The molecule has 1 aliphatic rings. The molecule has 4 aromatic rings. The van der Waals surface area contributed by atoms with Gasteiger partial charge in [-0.15, -0.1) is 23.1 Å². The highest BCUT2D eigenvalue weighted by Crippen LogP contribution is 2.34. The van der Waals surface area contributed by atoms with Crippen LogP contribution >= 0.6 is 23.1 Å². The summed E-state index contributed by atoms with van der Waals surface area (Å²) < 4.78 is 0. The van der Waals surface area contributed by atoms with Crippen LogP contribution < -0.4 is 4.90 Å². The van der Waals surface area contributed by atoms with Gasteiger partial charge in [0.2, 0.25) is 0 Å². The number of carbonyl (C=O) groups is 1. The number of benzene rings is 2. The summed E-state index contributed by atoms with van der Waals surface area (Å²) in [6.07, 6.45) is 4.54. The number of aromatic nitrogens is 2. The number of fused-ring (bicyclic) bond motifs is 1. The zero-order valence-electron chi connectivity index (χ0n) is 17.1. The fourth-order valence-corrected chi connectivity index (χ4v) is 5.22. The lowest BCUT2D eigenvalue weighted by Gasteiger charge is -2.18. The second-order valence-electron chi connectivity index (χ2n) is 7.48. The van der Waals surface area contributed by atoms with Crippen LogP contribution in [0.2, 0.25) is 0 Å². The summed E-state index contributed by atoms with van der Waals surface area (Å²) in [5, 5.41) is 3.15. The SMILES string of the molecule is Cc1nc(-c2ccc3c(c2)CCN3C(=O)c2ccc(SCc3cccnc3)cc2)cs1. The number of rotatable bonds is 5. The molecule has 2 aromatic heterocycles. The van der Waals surface area contributed by atoms with E-state index in [4.69, 9.17) is 0 Å². The molecule has 0 spiro atoms. The first-order chi connectivity index (χ1) is 15.2. The van der Waals surface area contributed by atoms with E-state index in [2.05, 4.69) is 39.6 Å². The van der Waals surface area contributed by atoms with E-state index in [1.165, 1.54) is 11.1 Å². The Morgan fingerprint density at radius 2 is 2.03 bits per heavy atom. The number of aryl methyl sites for hydroxylation is 1. The Balaban J connectivity index is 1.29. The monoisotopic (exact) mass is 443 g/mol. The van der Waals surface area contributed by atoms with Gasteiger partial charge in [-0.3, -0.25) is 9.78 Å². The molecule has 0 radical (unpaired) electrons. The Hall–Kier alpha value is -2.96. The van der Waals surface area contributed by atoms with Gasteiger partial charge >= 0.3 is 0 Å². The first-order valence-corrected chi connectivity index (χ1v) is 12.0. The normalized spacial score (nSPS) is 12.7. The van der Waals surface area contributed by atoms with E-state index in [9.17, 15) is 4.79 Å². The van der Waals surface area contributed by atoms with Gasteiger partial charge in [0.15, 0.2) is 0 Å². The third kappa shape index (κ3) is 4.27. The van der Waals surface area contributed by atoms with Crippen molar-refractivity contribution in [2.45, 2.75) is 24.0 Å². The smallest absolute Gasteiger partial charge is 0.258 e. The van der Waals surface area contributed by atoms with Gasteiger partial charge in [-0.05, 0) is 66.9 Å². The minimum Gasteiger partial charge on any atom is -0.308 e. The number of thiazole rings is 1. The average molecular weight is 444 g/mol. The number of anilines is 1. The van der Waals surface area contributed by atoms with Crippen LogP contribution in [-0.4, -0.2) is 22.4 Å². The van der Waals surface area contributed by atoms with E-state index in [0.717, 1.165) is 44.6 Å². The molecule has 0 saturated carbocycles. The predicted octanol–water partition coefficient (Wildman–Crippen LogP) is 6.01. The van der Waals surface area contributed by atoms with Gasteiger partial charge in [0, 0.05) is 51.8 Å². The maximum atomic E-state index is 13.2. The van der Waals surface area contributed by atoms with Gasteiger partial charge in [0.25, 0.3) is 5.91 Å². The van der Waals surface area contributed by atoms with Crippen molar-refractivity contribution in [3.63, 3.8) is 0 Å². The van der Waals surface area contributed by atoms with Crippen molar-refractivity contribution in [1.82, 2.24) is 9.97 Å². The molecular formula is C25H21N3OS2. The molecule has 31 heavy (non-hydrogen) atoms. The maximum absolute atomic E-state index is 13.2. The summed E-state index contributed by atoms with van der Waals surface area (Å²) in [7, 11) is 0. The van der Waals surface area contributed by atoms with E-state index in [1.54, 1.807) is 29.3 Å². The van der Waals surface area contributed by atoms with Crippen molar-refractivity contribution in [2.24, 2.45) is 0 Å². The van der Waals surface area contributed by atoms with Crippen LogP contribution in [0.4, 0.5) is 5.69 Å². The molecule has 5 rings (SSSR count). The molecule has 0 saturated heterocycles. The molecule has 0 atom stereocenters. The quantitative estimate of drug-likeness (QED) is 0.355. The Morgan fingerprint density at radius 1 is 1.16 bits per heavy atom. The molecule has 0 N–H and O–H groups in total. The Morgan fingerprint density at radius 3 is 2.77 bits per heavy atom. The van der Waals surface area contributed by atoms with Gasteiger partial charge in [0.05, 0.1) is 10.7 Å². The molecular weight excluding hydrogens is 422 g/mol. The highest BCUT2D eigenvalue weighted by atomic mass is 32.2. The topological polar surface area (TPSA) is 46.1 Å². The molecule has 1 amide bonds. The zero-order chi connectivity index (χ0) is 21.2. The summed E-state index contributed by atoms with van der Waals surface area (Å²) in [5.74, 6) is 0.918. The molecule has 2 aromatic carbocycles. The third-order valence-corrected chi connectivity index (χ3v) is 7.22. The first-order valence-electron chi connectivity index (χ1n) is 10.2. The fourth-order valence-electron chi connectivity index (χ4n) is 3.77. The standard InChI is InChI=1S/C25H21N3OS2/c1-17-27-23(16-30-17)20-6-9-24-21(13-20)10-12-28(24)25(29)19-4-7-22(8-5-19)31-15-18-3-2-11-26-14-18/h2-9,11,13-14,16H,10,12,15H2,1H3. The lowest BCUT2D eigenvalue weighted by atomic mass is 10.1. The highest BCUT2D eigenvalue weighted by molar-refractivity contribution is 7.98. The second kappa shape index (κ2) is 8.65. The number of pyridine rings is 1. The van der Waals surface area contributed by atoms with Crippen LogP contribution in [0, 0.1) is 6.92 Å². The summed E-state index contributed by atoms with van der Waals surface area (Å²) in [6.45, 7) is 2.73. The molecule has 0 bridgehead atoms. The first kappa shape index (κ1) is 20.0. The van der Waals surface area contributed by atoms with Crippen LogP contribution in [0.25, 0.3) is 11.3 Å². The van der Waals surface area contributed by atoms with E-state index < -0.39 is 0 Å². The molecule has 0 fully saturated rings. The highest BCUT2D eigenvalue weighted by Gasteiger charge is 2.26. The molecule has 3 heterocycles. The van der Waals surface area contributed by atoms with Crippen LogP contribution in [0.1, 0.15) is 26.5 Å². The zero-order valence-corrected chi connectivity index (χ0v) is 18.7. The summed E-state index contributed by atoms with van der Waals surface area (Å²) in [6, 6.07) is 18.2. The van der Waals surface area contributed by atoms with Crippen molar-refractivity contribution >= 4 is 34.7 Å². The summed E-state index contributed by atoms with van der Waals surface area (Å²) >= 11 is 3.40. The average Bonchev–Trinajstić information content (AvgIpc) is 3.44. The summed E-state index contributed by atoms with van der Waals surface area (Å²) in [4.78, 5) is 24.9. The Kier molecular flexibility index (Phi) is 5.57. The van der Waals surface area contributed by atoms with Crippen LogP contribution in [0.5, 0.6) is 0 Å². The number of thioether (sulfide) groups is 1. The van der Waals surface area contributed by atoms with Gasteiger partial charge in [-0.2, -0.15) is 0 Å². The van der Waals surface area contributed by atoms with Gasteiger partial charge in [-0.25, -0.2) is 4.98 Å². The number of amides is 1. The van der Waals surface area contributed by atoms with Gasteiger partial charge < -0.3 is 4.90 Å². The van der Waals surface area contributed by atoms with E-state index in [-0.39, 0.29) is 5.91 Å². The van der Waals surface area contributed by atoms with Crippen LogP contribution in [0.15, 0.2) is 77.3 Å². The molecule has 0 aliphatic carbocycles. The lowest BCUT2D eigenvalue weighted by molar-refractivity contribution is 0.0989. The van der Waals surface area contributed by atoms with Crippen molar-refractivity contribution in [2.75, 3.05) is 11.4 Å². The minimum absolute atomic E-state index is 0.0554. The number of hydrogen-bond acceptors (Lipinski definition) is 5. The largest absolute Gasteiger partial charge is 0.308 e. The van der Waals surface area contributed by atoms with Crippen molar-refractivity contribution in [1.29, 1.82) is 0 Å².